The van der Waals surface area contributed by atoms with Crippen molar-refractivity contribution >= 4 is 10.9 Å². The molecule has 0 N–H and O–H groups in total. The molecule has 6 nitrogen and oxygen atoms in total. The van der Waals surface area contributed by atoms with E-state index in [-0.39, 0.29) is 6.04 Å². The average molecular weight is 347 g/mol. The normalized spacial score (nSPS) is 31.8. The van der Waals surface area contributed by atoms with E-state index in [1.807, 2.05) is 24.5 Å². The van der Waals surface area contributed by atoms with Crippen LogP contribution in [0.3, 0.4) is 0 Å². The highest BCUT2D eigenvalue weighted by Gasteiger charge is 2.49. The van der Waals surface area contributed by atoms with Gasteiger partial charge in [-0.05, 0) is 55.1 Å². The zero-order valence-electron chi connectivity index (χ0n) is 14.7. The van der Waals surface area contributed by atoms with Crippen LogP contribution < -0.4 is 4.74 Å². The fourth-order valence-electron chi connectivity index (χ4n) is 5.50. The summed E-state index contributed by atoms with van der Waals surface area (Å²) in [5.41, 5.74) is 3.58. The van der Waals surface area contributed by atoms with E-state index in [0.29, 0.717) is 12.0 Å². The van der Waals surface area contributed by atoms with E-state index < -0.39 is 0 Å². The van der Waals surface area contributed by atoms with Crippen molar-refractivity contribution in [2.24, 2.45) is 5.92 Å². The lowest BCUT2D eigenvalue weighted by Gasteiger charge is -2.48. The molecule has 3 fully saturated rings. The van der Waals surface area contributed by atoms with Gasteiger partial charge in [-0.1, -0.05) is 5.21 Å². The van der Waals surface area contributed by atoms with Crippen LogP contribution in [0.15, 0.2) is 36.7 Å². The maximum Gasteiger partial charge on any atom is 0.119 e. The van der Waals surface area contributed by atoms with Gasteiger partial charge in [0.25, 0.3) is 0 Å². The molecule has 8 rings (SSSR count). The number of ether oxygens (including phenoxy) is 1. The smallest absolute Gasteiger partial charge is 0.119 e. The topological polar surface area (TPSA) is 56.1 Å². The first kappa shape index (κ1) is 14.7. The summed E-state index contributed by atoms with van der Waals surface area (Å²) in [6, 6.07) is 8.94. The first-order valence-corrected chi connectivity index (χ1v) is 9.40. The molecule has 2 aromatic heterocycles. The minimum Gasteiger partial charge on any atom is -0.497 e. The van der Waals surface area contributed by atoms with Crippen LogP contribution >= 0.6 is 0 Å². The highest BCUT2D eigenvalue weighted by atomic mass is 16.5. The van der Waals surface area contributed by atoms with Crippen LogP contribution in [0, 0.1) is 5.92 Å². The van der Waals surface area contributed by atoms with Crippen LogP contribution in [0.1, 0.15) is 36.1 Å². The van der Waals surface area contributed by atoms with Gasteiger partial charge in [-0.15, -0.1) is 5.10 Å². The summed E-state index contributed by atoms with van der Waals surface area (Å²) in [5.74, 6) is 2.20. The van der Waals surface area contributed by atoms with Crippen molar-refractivity contribution < 1.29 is 4.74 Å². The number of pyridine rings is 1. The Morgan fingerprint density at radius 3 is 3.04 bits per heavy atom. The van der Waals surface area contributed by atoms with Crippen molar-refractivity contribution in [3.05, 3.63) is 47.9 Å². The molecule has 132 valence electrons. The second-order valence-electron chi connectivity index (χ2n) is 7.78. The van der Waals surface area contributed by atoms with E-state index in [4.69, 9.17) is 4.74 Å². The van der Waals surface area contributed by atoms with Gasteiger partial charge in [0.05, 0.1) is 30.6 Å². The van der Waals surface area contributed by atoms with E-state index >= 15 is 0 Å². The van der Waals surface area contributed by atoms with E-state index in [1.165, 1.54) is 30.6 Å². The molecule has 4 bridgehead atoms. The van der Waals surface area contributed by atoms with Crippen molar-refractivity contribution in [2.75, 3.05) is 20.2 Å². The lowest BCUT2D eigenvalue weighted by atomic mass is 9.74. The fourth-order valence-corrected chi connectivity index (χ4v) is 5.50. The zero-order chi connectivity index (χ0) is 17.3. The Labute approximate surface area is 151 Å². The van der Waals surface area contributed by atoms with Crippen LogP contribution in [0.4, 0.5) is 0 Å². The molecule has 5 unspecified atom stereocenters. The van der Waals surface area contributed by atoms with E-state index in [1.54, 1.807) is 7.11 Å². The number of methoxy groups -OCH3 is 1. The van der Waals surface area contributed by atoms with Crippen LogP contribution in [0.2, 0.25) is 0 Å². The average Bonchev–Trinajstić information content (AvgIpc) is 3.10. The molecule has 5 atom stereocenters. The number of aromatic nitrogens is 4. The molecule has 5 aliphatic rings. The molecule has 0 radical (unpaired) electrons. The van der Waals surface area contributed by atoms with Gasteiger partial charge in [-0.3, -0.25) is 9.88 Å². The van der Waals surface area contributed by atoms with Crippen molar-refractivity contribution in [2.45, 2.75) is 30.8 Å². The molecule has 5 aliphatic heterocycles. The van der Waals surface area contributed by atoms with E-state index in [2.05, 4.69) is 37.0 Å². The maximum atomic E-state index is 5.48. The summed E-state index contributed by atoms with van der Waals surface area (Å²) in [6.07, 6.45) is 6.45. The van der Waals surface area contributed by atoms with Crippen molar-refractivity contribution in [3.63, 3.8) is 0 Å². The standard InChI is InChI=1S/C20H21N5O/c1-26-13-2-3-17-15(9-13)14(4-6-21-17)20-18-8-12-5-7-24(18)11-16(12)19-10-22-23-25(19)20/h2-4,6,9-10,12,16,18,20H,5,7-8,11H2,1H3. The summed E-state index contributed by atoms with van der Waals surface area (Å²) in [7, 11) is 1.71. The number of fused-ring (bicyclic) bond motifs is 2. The molecule has 7 heterocycles. The van der Waals surface area contributed by atoms with Crippen LogP contribution in [-0.2, 0) is 0 Å². The molecular weight excluding hydrogens is 326 g/mol. The molecule has 0 spiro atoms. The molecule has 0 amide bonds. The van der Waals surface area contributed by atoms with E-state index in [9.17, 15) is 0 Å². The Bertz CT molecular complexity index is 999. The molecule has 3 saturated heterocycles. The number of benzene rings is 1. The zero-order valence-corrected chi connectivity index (χ0v) is 14.7. The van der Waals surface area contributed by atoms with Gasteiger partial charge < -0.3 is 4.74 Å². The number of hydrogen-bond acceptors (Lipinski definition) is 5. The van der Waals surface area contributed by atoms with Crippen LogP contribution in [-0.4, -0.2) is 51.1 Å². The monoisotopic (exact) mass is 347 g/mol. The molecular formula is C20H21N5O. The SMILES string of the molecule is COc1ccc2nccc(C3C4CC5CCN4CC5c4cnnn43)c2c1. The lowest BCUT2D eigenvalue weighted by Crippen LogP contribution is -2.52. The van der Waals surface area contributed by atoms with Crippen molar-refractivity contribution in [1.29, 1.82) is 0 Å². The van der Waals surface area contributed by atoms with Gasteiger partial charge in [0, 0.05) is 30.1 Å². The van der Waals surface area contributed by atoms with E-state index in [0.717, 1.165) is 29.1 Å². The Hall–Kier alpha value is -2.47. The first-order valence-electron chi connectivity index (χ1n) is 9.40. The van der Waals surface area contributed by atoms with Gasteiger partial charge in [0.15, 0.2) is 0 Å². The van der Waals surface area contributed by atoms with Gasteiger partial charge in [0.1, 0.15) is 5.75 Å². The van der Waals surface area contributed by atoms with Gasteiger partial charge in [-0.2, -0.15) is 0 Å². The minimum atomic E-state index is 0.181. The molecule has 0 saturated carbocycles. The van der Waals surface area contributed by atoms with Gasteiger partial charge in [-0.25, -0.2) is 4.68 Å². The van der Waals surface area contributed by atoms with Gasteiger partial charge in [0.2, 0.25) is 0 Å². The third-order valence-corrected chi connectivity index (χ3v) is 6.71. The Kier molecular flexibility index (Phi) is 2.97. The van der Waals surface area contributed by atoms with Gasteiger partial charge >= 0.3 is 0 Å². The second kappa shape index (κ2) is 5.27. The van der Waals surface area contributed by atoms with Crippen LogP contribution in [0.25, 0.3) is 10.9 Å². The van der Waals surface area contributed by atoms with Crippen molar-refractivity contribution in [3.8, 4) is 5.75 Å². The first-order chi connectivity index (χ1) is 12.8. The molecule has 6 heteroatoms. The van der Waals surface area contributed by atoms with Crippen molar-refractivity contribution in [1.82, 2.24) is 24.9 Å². The third kappa shape index (κ3) is 1.88. The summed E-state index contributed by atoms with van der Waals surface area (Å²) in [5, 5.41) is 9.99. The predicted octanol–water partition coefficient (Wildman–Crippen LogP) is 2.62. The third-order valence-electron chi connectivity index (χ3n) is 6.71. The maximum absolute atomic E-state index is 5.48. The van der Waals surface area contributed by atoms with Crippen LogP contribution in [0.5, 0.6) is 5.75 Å². The molecule has 1 aromatic carbocycles. The fraction of sp³-hybridized carbons (Fsp3) is 0.450. The summed E-state index contributed by atoms with van der Waals surface area (Å²) in [4.78, 5) is 7.25. The predicted molar refractivity (Wildman–Crippen MR) is 97.3 cm³/mol. The second-order valence-corrected chi connectivity index (χ2v) is 7.78. The Morgan fingerprint density at radius 1 is 1.23 bits per heavy atom. The largest absolute Gasteiger partial charge is 0.497 e. The molecule has 26 heavy (non-hydrogen) atoms. The Balaban J connectivity index is 1.61. The highest BCUT2D eigenvalue weighted by molar-refractivity contribution is 5.84. The summed E-state index contributed by atoms with van der Waals surface area (Å²) in [6.45, 7) is 2.35. The summed E-state index contributed by atoms with van der Waals surface area (Å²) >= 11 is 0. The quantitative estimate of drug-likeness (QED) is 0.713. The number of rotatable bonds is 2. The number of piperidine rings is 3. The number of hydrogen-bond donors (Lipinski definition) is 0. The number of nitrogens with zero attached hydrogens (tertiary/aromatic N) is 5. The minimum absolute atomic E-state index is 0.181. The summed E-state index contributed by atoms with van der Waals surface area (Å²) < 4.78 is 7.68. The highest BCUT2D eigenvalue weighted by Crippen LogP contribution is 2.50. The Morgan fingerprint density at radius 2 is 2.19 bits per heavy atom. The molecule has 0 aliphatic carbocycles. The lowest BCUT2D eigenvalue weighted by molar-refractivity contribution is 0.0266. The molecule has 3 aromatic rings.